The molecular formula is C25H23N5O4S. The normalized spacial score (nSPS) is 17.3. The van der Waals surface area contributed by atoms with E-state index in [0.717, 1.165) is 29.6 Å². The van der Waals surface area contributed by atoms with Crippen LogP contribution in [0.2, 0.25) is 0 Å². The lowest BCUT2D eigenvalue weighted by Gasteiger charge is -2.31. The molecule has 1 unspecified atom stereocenters. The highest BCUT2D eigenvalue weighted by Gasteiger charge is 2.39. The Morgan fingerprint density at radius 2 is 2.17 bits per heavy atom. The maximum absolute atomic E-state index is 13.0. The van der Waals surface area contributed by atoms with Crippen molar-refractivity contribution in [1.82, 2.24) is 15.0 Å². The van der Waals surface area contributed by atoms with Crippen LogP contribution >= 0.6 is 11.8 Å². The van der Waals surface area contributed by atoms with Crippen LogP contribution in [0.25, 0.3) is 11.0 Å². The molecule has 0 spiro atoms. The van der Waals surface area contributed by atoms with Gasteiger partial charge in [0.05, 0.1) is 29.4 Å². The van der Waals surface area contributed by atoms with Gasteiger partial charge in [-0.15, -0.1) is 0 Å². The van der Waals surface area contributed by atoms with Gasteiger partial charge < -0.3 is 30.2 Å². The highest BCUT2D eigenvalue weighted by molar-refractivity contribution is 7.99. The van der Waals surface area contributed by atoms with Crippen LogP contribution in [0.4, 0.5) is 11.4 Å². The molecule has 4 heterocycles. The third-order valence-electron chi connectivity index (χ3n) is 6.33. The predicted octanol–water partition coefficient (Wildman–Crippen LogP) is 4.96. The standard InChI is InChI=1S/C25H23N5O4S/c1-2-33-24(32)23-21-12(11-27-23)19(20-14(28-21)6-4-8-16(20)31)17-9-10-18(34-17)35-25-29-15-7-3-5-13(26)22(15)30-25/h3,5,7,9-11,19,27-28H,2,4,6,8,26H2,1H3,(H,29,30). The van der Waals surface area contributed by atoms with Gasteiger partial charge in [-0.1, -0.05) is 6.07 Å². The first-order valence-electron chi connectivity index (χ1n) is 11.5. The molecule has 0 bridgehead atoms. The van der Waals surface area contributed by atoms with Gasteiger partial charge in [0, 0.05) is 29.5 Å². The molecular weight excluding hydrogens is 466 g/mol. The molecule has 1 aliphatic carbocycles. The average molecular weight is 490 g/mol. The SMILES string of the molecule is CCOC(=O)c1[nH]cc2c1NC1=C(C(=O)CCC1)C2c1ccc(Sc2nc3c(N)cccc3[nH]2)o1. The molecule has 178 valence electrons. The minimum absolute atomic E-state index is 0.0895. The number of anilines is 2. The molecule has 1 aromatic carbocycles. The van der Waals surface area contributed by atoms with Gasteiger partial charge in [0.25, 0.3) is 0 Å². The second-order valence-electron chi connectivity index (χ2n) is 8.49. The molecule has 0 saturated heterocycles. The number of nitrogens with one attached hydrogen (secondary N) is 3. The van der Waals surface area contributed by atoms with Crippen molar-refractivity contribution in [3.63, 3.8) is 0 Å². The molecule has 10 heteroatoms. The first-order valence-corrected chi connectivity index (χ1v) is 12.3. The van der Waals surface area contributed by atoms with Crippen LogP contribution in [-0.4, -0.2) is 33.3 Å². The number of Topliss-reactive ketones (excluding diaryl/α,β-unsaturated/α-hetero) is 1. The number of carbonyl (C=O) groups excluding carboxylic acids is 2. The number of H-pyrrole nitrogens is 2. The highest BCUT2D eigenvalue weighted by Crippen LogP contribution is 2.47. The predicted molar refractivity (Wildman–Crippen MR) is 131 cm³/mol. The second-order valence-corrected chi connectivity index (χ2v) is 9.48. The number of rotatable bonds is 5. The van der Waals surface area contributed by atoms with E-state index in [1.54, 1.807) is 13.1 Å². The highest BCUT2D eigenvalue weighted by atomic mass is 32.2. The van der Waals surface area contributed by atoms with Crippen molar-refractivity contribution in [2.75, 3.05) is 17.7 Å². The van der Waals surface area contributed by atoms with Crippen molar-refractivity contribution in [2.45, 2.75) is 42.4 Å². The number of para-hydroxylation sites is 1. The Labute approximate surface area is 204 Å². The number of imidazole rings is 1. The molecule has 0 radical (unpaired) electrons. The number of allylic oxidation sites excluding steroid dienone is 2. The Kier molecular flexibility index (Phi) is 5.18. The van der Waals surface area contributed by atoms with Crippen LogP contribution in [-0.2, 0) is 9.53 Å². The Morgan fingerprint density at radius 3 is 3.00 bits per heavy atom. The molecule has 9 nitrogen and oxygen atoms in total. The fourth-order valence-corrected chi connectivity index (χ4v) is 5.58. The summed E-state index contributed by atoms with van der Waals surface area (Å²) in [5.74, 6) is -0.144. The van der Waals surface area contributed by atoms with Crippen LogP contribution in [0.1, 0.15) is 53.9 Å². The van der Waals surface area contributed by atoms with Gasteiger partial charge in [-0.25, -0.2) is 9.78 Å². The van der Waals surface area contributed by atoms with Crippen LogP contribution in [0.15, 0.2) is 62.5 Å². The molecule has 6 rings (SSSR count). The van der Waals surface area contributed by atoms with Crippen LogP contribution < -0.4 is 11.1 Å². The number of nitrogens with two attached hydrogens (primary N) is 1. The first kappa shape index (κ1) is 21.6. The topological polar surface area (TPSA) is 139 Å². The van der Waals surface area contributed by atoms with Crippen molar-refractivity contribution in [3.05, 3.63) is 64.8 Å². The van der Waals surface area contributed by atoms with Gasteiger partial charge in [-0.3, -0.25) is 4.79 Å². The number of ether oxygens (including phenoxy) is 1. The van der Waals surface area contributed by atoms with E-state index >= 15 is 0 Å². The van der Waals surface area contributed by atoms with Gasteiger partial charge in [0.1, 0.15) is 17.0 Å². The van der Waals surface area contributed by atoms with Gasteiger partial charge in [-0.2, -0.15) is 0 Å². The zero-order valence-corrected chi connectivity index (χ0v) is 19.8. The lowest BCUT2D eigenvalue weighted by Crippen LogP contribution is -2.26. The number of aromatic nitrogens is 3. The number of aromatic amines is 2. The smallest absolute Gasteiger partial charge is 0.356 e. The van der Waals surface area contributed by atoms with Crippen molar-refractivity contribution in [3.8, 4) is 0 Å². The molecule has 0 amide bonds. The summed E-state index contributed by atoms with van der Waals surface area (Å²) >= 11 is 1.35. The zero-order valence-electron chi connectivity index (χ0n) is 18.9. The first-order chi connectivity index (χ1) is 17.0. The van der Waals surface area contributed by atoms with Crippen LogP contribution in [0, 0.1) is 0 Å². The van der Waals surface area contributed by atoms with E-state index in [4.69, 9.17) is 14.9 Å². The van der Waals surface area contributed by atoms with E-state index in [1.807, 2.05) is 30.3 Å². The molecule has 1 aliphatic heterocycles. The zero-order chi connectivity index (χ0) is 24.1. The van der Waals surface area contributed by atoms with Crippen LogP contribution in [0.3, 0.4) is 0 Å². The summed E-state index contributed by atoms with van der Waals surface area (Å²) in [5, 5.41) is 4.62. The number of nitrogen functional groups attached to an aromatic ring is 1. The van der Waals surface area contributed by atoms with Crippen molar-refractivity contribution in [1.29, 1.82) is 0 Å². The molecule has 0 fully saturated rings. The maximum atomic E-state index is 13.0. The summed E-state index contributed by atoms with van der Waals surface area (Å²) in [7, 11) is 0. The molecule has 3 aromatic heterocycles. The minimum Gasteiger partial charge on any atom is -0.461 e. The third kappa shape index (κ3) is 3.61. The summed E-state index contributed by atoms with van der Waals surface area (Å²) in [4.78, 5) is 36.4. The molecule has 2 aliphatic rings. The van der Waals surface area contributed by atoms with Gasteiger partial charge in [0.15, 0.2) is 16.0 Å². The largest absolute Gasteiger partial charge is 0.461 e. The molecule has 4 aromatic rings. The number of furan rings is 1. The van der Waals surface area contributed by atoms with Crippen molar-refractivity contribution < 1.29 is 18.7 Å². The summed E-state index contributed by atoms with van der Waals surface area (Å²) in [6, 6.07) is 9.35. The van der Waals surface area contributed by atoms with Gasteiger partial charge in [0.2, 0.25) is 0 Å². The Bertz CT molecular complexity index is 1510. The summed E-state index contributed by atoms with van der Waals surface area (Å²) in [5.41, 5.74) is 11.5. The van der Waals surface area contributed by atoms with Crippen molar-refractivity contribution >= 4 is 45.9 Å². The van der Waals surface area contributed by atoms with E-state index in [2.05, 4.69) is 20.3 Å². The maximum Gasteiger partial charge on any atom is 0.356 e. The molecule has 0 saturated carbocycles. The summed E-state index contributed by atoms with van der Waals surface area (Å²) < 4.78 is 11.5. The van der Waals surface area contributed by atoms with E-state index in [1.165, 1.54) is 11.8 Å². The van der Waals surface area contributed by atoms with Gasteiger partial charge in [-0.05, 0) is 55.8 Å². The number of esters is 1. The van der Waals surface area contributed by atoms with E-state index in [0.29, 0.717) is 50.6 Å². The average Bonchev–Trinajstić information content (AvgIpc) is 3.57. The fraction of sp³-hybridized carbons (Fsp3) is 0.240. The summed E-state index contributed by atoms with van der Waals surface area (Å²) in [6.07, 6.45) is 3.74. The molecule has 35 heavy (non-hydrogen) atoms. The van der Waals surface area contributed by atoms with Crippen molar-refractivity contribution in [2.24, 2.45) is 0 Å². The Morgan fingerprint density at radius 1 is 1.29 bits per heavy atom. The van der Waals surface area contributed by atoms with E-state index in [9.17, 15) is 9.59 Å². The molecule has 1 atom stereocenters. The number of hydrogen-bond donors (Lipinski definition) is 4. The number of fused-ring (bicyclic) bond motifs is 2. The number of carbonyl (C=O) groups is 2. The number of ketones is 1. The fourth-order valence-electron chi connectivity index (χ4n) is 4.82. The van der Waals surface area contributed by atoms with Gasteiger partial charge >= 0.3 is 5.97 Å². The van der Waals surface area contributed by atoms with E-state index < -0.39 is 11.9 Å². The summed E-state index contributed by atoms with van der Waals surface area (Å²) in [6.45, 7) is 2.04. The lowest BCUT2D eigenvalue weighted by atomic mass is 9.78. The van der Waals surface area contributed by atoms with E-state index in [-0.39, 0.29) is 12.4 Å². The third-order valence-corrected chi connectivity index (χ3v) is 7.14. The second kappa shape index (κ2) is 8.38. The Hall–Kier alpha value is -3.92. The lowest BCUT2D eigenvalue weighted by molar-refractivity contribution is -0.116. The molecule has 5 N–H and O–H groups in total. The minimum atomic E-state index is -0.439. The Balaban J connectivity index is 1.38. The number of hydrogen-bond acceptors (Lipinski definition) is 8. The number of benzene rings is 1. The monoisotopic (exact) mass is 489 g/mol. The number of nitrogens with zero attached hydrogens (tertiary/aromatic N) is 1. The van der Waals surface area contributed by atoms with Crippen LogP contribution in [0.5, 0.6) is 0 Å². The quantitative estimate of drug-likeness (QED) is 0.228.